The number of aromatic nitrogens is 1. The first kappa shape index (κ1) is 11.8. The number of amides is 1. The van der Waals surface area contributed by atoms with Crippen LogP contribution in [-0.2, 0) is 4.79 Å². The van der Waals surface area contributed by atoms with E-state index >= 15 is 0 Å². The van der Waals surface area contributed by atoms with Gasteiger partial charge < -0.3 is 11.1 Å². The van der Waals surface area contributed by atoms with Crippen LogP contribution in [0.2, 0.25) is 0 Å². The molecule has 1 aliphatic heterocycles. The van der Waals surface area contributed by atoms with Crippen LogP contribution in [0.15, 0.2) is 18.3 Å². The van der Waals surface area contributed by atoms with Crippen molar-refractivity contribution >= 4 is 17.4 Å². The van der Waals surface area contributed by atoms with Crippen LogP contribution in [0.3, 0.4) is 0 Å². The fourth-order valence-corrected chi connectivity index (χ4v) is 1.79. The second-order valence-corrected chi connectivity index (χ2v) is 4.15. The molecule has 1 aromatic heterocycles. The van der Waals surface area contributed by atoms with Crippen molar-refractivity contribution < 1.29 is 9.18 Å². The van der Waals surface area contributed by atoms with Crippen LogP contribution in [0, 0.1) is 0 Å². The Bertz CT molecular complexity index is 395. The SMILES string of the molecule is Nc1ccc(NC(=O)CN2CCC(F)C2)nc1. The molecule has 5 nitrogen and oxygen atoms in total. The Morgan fingerprint density at radius 3 is 3.06 bits per heavy atom. The number of hydrogen-bond donors (Lipinski definition) is 2. The Morgan fingerprint density at radius 2 is 2.47 bits per heavy atom. The minimum Gasteiger partial charge on any atom is -0.397 e. The van der Waals surface area contributed by atoms with Gasteiger partial charge in [-0.1, -0.05) is 0 Å². The van der Waals surface area contributed by atoms with Crippen molar-refractivity contribution in [1.82, 2.24) is 9.88 Å². The van der Waals surface area contributed by atoms with Gasteiger partial charge in [0.15, 0.2) is 0 Å². The summed E-state index contributed by atoms with van der Waals surface area (Å²) in [5.41, 5.74) is 6.02. The van der Waals surface area contributed by atoms with Gasteiger partial charge in [0.25, 0.3) is 0 Å². The van der Waals surface area contributed by atoms with E-state index in [1.807, 2.05) is 0 Å². The first-order chi connectivity index (χ1) is 8.13. The number of carbonyl (C=O) groups excluding carboxylic acids is 1. The molecule has 2 heterocycles. The zero-order chi connectivity index (χ0) is 12.3. The number of nitrogens with two attached hydrogens (primary N) is 1. The van der Waals surface area contributed by atoms with Crippen molar-refractivity contribution in [1.29, 1.82) is 0 Å². The van der Waals surface area contributed by atoms with Crippen LogP contribution < -0.4 is 11.1 Å². The Hall–Kier alpha value is -1.69. The summed E-state index contributed by atoms with van der Waals surface area (Å²) in [6, 6.07) is 3.30. The number of likely N-dealkylation sites (tertiary alicyclic amines) is 1. The smallest absolute Gasteiger partial charge is 0.239 e. The summed E-state index contributed by atoms with van der Waals surface area (Å²) >= 11 is 0. The lowest BCUT2D eigenvalue weighted by atomic mass is 10.3. The van der Waals surface area contributed by atoms with E-state index in [1.54, 1.807) is 17.0 Å². The van der Waals surface area contributed by atoms with Crippen molar-refractivity contribution in [2.45, 2.75) is 12.6 Å². The molecule has 1 saturated heterocycles. The maximum Gasteiger partial charge on any atom is 0.239 e. The monoisotopic (exact) mass is 238 g/mol. The molecule has 1 aromatic rings. The van der Waals surface area contributed by atoms with E-state index in [-0.39, 0.29) is 12.5 Å². The Labute approximate surface area is 98.8 Å². The third-order valence-corrected chi connectivity index (χ3v) is 2.64. The average Bonchev–Trinajstić information content (AvgIpc) is 2.67. The zero-order valence-corrected chi connectivity index (χ0v) is 9.40. The highest BCUT2D eigenvalue weighted by Gasteiger charge is 2.23. The molecule has 0 aromatic carbocycles. The maximum atomic E-state index is 12.9. The molecule has 1 amide bonds. The number of nitrogen functional groups attached to an aromatic ring is 1. The number of alkyl halides is 1. The van der Waals surface area contributed by atoms with Gasteiger partial charge in [-0.3, -0.25) is 9.69 Å². The quantitative estimate of drug-likeness (QED) is 0.811. The molecule has 1 atom stereocenters. The molecule has 2 rings (SSSR count). The predicted molar refractivity (Wildman–Crippen MR) is 63.2 cm³/mol. The Balaban J connectivity index is 1.83. The van der Waals surface area contributed by atoms with E-state index in [4.69, 9.17) is 5.73 Å². The number of rotatable bonds is 3. The molecular weight excluding hydrogens is 223 g/mol. The molecule has 92 valence electrons. The molecule has 17 heavy (non-hydrogen) atoms. The van der Waals surface area contributed by atoms with Crippen LogP contribution in [0.25, 0.3) is 0 Å². The number of pyridine rings is 1. The zero-order valence-electron chi connectivity index (χ0n) is 9.40. The second kappa shape index (κ2) is 5.09. The summed E-state index contributed by atoms with van der Waals surface area (Å²) in [5, 5.41) is 2.64. The van der Waals surface area contributed by atoms with Crippen molar-refractivity contribution in [3.8, 4) is 0 Å². The molecular formula is C11H15FN4O. The maximum absolute atomic E-state index is 12.9. The van der Waals surface area contributed by atoms with Gasteiger partial charge in [-0.15, -0.1) is 0 Å². The predicted octanol–water partition coefficient (Wildman–Crippen LogP) is 0.646. The molecule has 0 spiro atoms. The van der Waals surface area contributed by atoms with Gasteiger partial charge in [-0.25, -0.2) is 9.37 Å². The number of hydrogen-bond acceptors (Lipinski definition) is 4. The van der Waals surface area contributed by atoms with Crippen molar-refractivity contribution in [2.24, 2.45) is 0 Å². The third kappa shape index (κ3) is 3.39. The number of nitrogens with zero attached hydrogens (tertiary/aromatic N) is 2. The Morgan fingerprint density at radius 1 is 1.65 bits per heavy atom. The second-order valence-electron chi connectivity index (χ2n) is 4.15. The van der Waals surface area contributed by atoms with Crippen molar-refractivity contribution in [3.63, 3.8) is 0 Å². The van der Waals surface area contributed by atoms with Gasteiger partial charge in [0, 0.05) is 13.1 Å². The van der Waals surface area contributed by atoms with E-state index < -0.39 is 6.17 Å². The molecule has 3 N–H and O–H groups in total. The highest BCUT2D eigenvalue weighted by atomic mass is 19.1. The van der Waals surface area contributed by atoms with E-state index in [2.05, 4.69) is 10.3 Å². The fourth-order valence-electron chi connectivity index (χ4n) is 1.79. The summed E-state index contributed by atoms with van der Waals surface area (Å²) in [5.74, 6) is 0.275. The molecule has 0 radical (unpaired) electrons. The molecule has 0 bridgehead atoms. The average molecular weight is 238 g/mol. The van der Waals surface area contributed by atoms with Crippen LogP contribution >= 0.6 is 0 Å². The van der Waals surface area contributed by atoms with E-state index in [9.17, 15) is 9.18 Å². The summed E-state index contributed by atoms with van der Waals surface area (Å²) in [4.78, 5) is 17.4. The normalized spacial score (nSPS) is 20.4. The lowest BCUT2D eigenvalue weighted by Gasteiger charge is -2.13. The van der Waals surface area contributed by atoms with Crippen LogP contribution in [-0.4, -0.2) is 41.6 Å². The summed E-state index contributed by atoms with van der Waals surface area (Å²) in [6.07, 6.45) is 1.17. The van der Waals surface area contributed by atoms with E-state index in [0.29, 0.717) is 31.0 Å². The first-order valence-corrected chi connectivity index (χ1v) is 5.51. The van der Waals surface area contributed by atoms with Crippen LogP contribution in [0.1, 0.15) is 6.42 Å². The number of halogens is 1. The lowest BCUT2D eigenvalue weighted by molar-refractivity contribution is -0.117. The molecule has 1 aliphatic rings. The highest BCUT2D eigenvalue weighted by molar-refractivity contribution is 5.91. The third-order valence-electron chi connectivity index (χ3n) is 2.64. The molecule has 0 aliphatic carbocycles. The van der Waals surface area contributed by atoms with Gasteiger partial charge in [0.2, 0.25) is 5.91 Å². The van der Waals surface area contributed by atoms with E-state index in [0.717, 1.165) is 0 Å². The van der Waals surface area contributed by atoms with Crippen molar-refractivity contribution in [3.05, 3.63) is 18.3 Å². The number of carbonyl (C=O) groups is 1. The van der Waals surface area contributed by atoms with Crippen LogP contribution in [0.5, 0.6) is 0 Å². The fraction of sp³-hybridized carbons (Fsp3) is 0.455. The summed E-state index contributed by atoms with van der Waals surface area (Å²) in [6.45, 7) is 1.17. The molecule has 0 saturated carbocycles. The van der Waals surface area contributed by atoms with Crippen LogP contribution in [0.4, 0.5) is 15.9 Å². The van der Waals surface area contributed by atoms with Crippen molar-refractivity contribution in [2.75, 3.05) is 30.7 Å². The Kier molecular flexibility index (Phi) is 3.53. The standard InChI is InChI=1S/C11H15FN4O/c12-8-3-4-16(6-8)7-11(17)15-10-2-1-9(13)5-14-10/h1-2,5,8H,3-4,6-7,13H2,(H,14,15,17). The lowest BCUT2D eigenvalue weighted by Crippen LogP contribution is -2.32. The van der Waals surface area contributed by atoms with Gasteiger partial charge in [-0.05, 0) is 18.6 Å². The van der Waals surface area contributed by atoms with E-state index in [1.165, 1.54) is 6.20 Å². The van der Waals surface area contributed by atoms with Gasteiger partial charge in [-0.2, -0.15) is 0 Å². The molecule has 6 heteroatoms. The summed E-state index contributed by atoms with van der Waals surface area (Å²) < 4.78 is 12.9. The molecule has 1 unspecified atom stereocenters. The van der Waals surface area contributed by atoms with Gasteiger partial charge in [0.1, 0.15) is 12.0 Å². The van der Waals surface area contributed by atoms with Gasteiger partial charge >= 0.3 is 0 Å². The summed E-state index contributed by atoms with van der Waals surface area (Å²) in [7, 11) is 0. The minimum absolute atomic E-state index is 0.184. The number of nitrogens with one attached hydrogen (secondary N) is 1. The number of anilines is 2. The minimum atomic E-state index is -0.808. The topological polar surface area (TPSA) is 71.2 Å². The van der Waals surface area contributed by atoms with Gasteiger partial charge in [0.05, 0.1) is 18.4 Å². The molecule has 1 fully saturated rings. The first-order valence-electron chi connectivity index (χ1n) is 5.51. The largest absolute Gasteiger partial charge is 0.397 e. The highest BCUT2D eigenvalue weighted by Crippen LogP contribution is 2.12.